The summed E-state index contributed by atoms with van der Waals surface area (Å²) in [5.41, 5.74) is 1.97. The number of imidazole rings is 1. The summed E-state index contributed by atoms with van der Waals surface area (Å²) in [6.07, 6.45) is 4.94. The molecule has 4 rings (SSSR count). The van der Waals surface area contributed by atoms with E-state index in [1.807, 2.05) is 4.90 Å². The Balaban J connectivity index is 1.32. The Morgan fingerprint density at radius 2 is 1.84 bits per heavy atom. The Morgan fingerprint density at radius 1 is 1.09 bits per heavy atom. The number of fused-ring (bicyclic) bond motifs is 1. The lowest BCUT2D eigenvalue weighted by molar-refractivity contribution is -0.143. The number of carbonyl (C=O) groups is 3. The number of rotatable bonds is 3. The van der Waals surface area contributed by atoms with Crippen LogP contribution in [-0.2, 0) is 27.2 Å². The number of hydrogen-bond acceptors (Lipinski definition) is 5. The molecule has 1 unspecified atom stereocenters. The molecule has 1 aromatic heterocycles. The summed E-state index contributed by atoms with van der Waals surface area (Å²) in [7, 11) is 0. The standard InChI is InChI=1S/C23H35N5O4/c1-16-24-18-7-5-6-8-19(18)28(16)17-9-10-25(13-17)20(29)14-26-11-12-27(15-21(26)30)22(31)32-23(2,3)4/h17H,5-15H2,1-4H3. The number of carbonyl (C=O) groups excluding carboxylic acids is 3. The molecule has 0 spiro atoms. The number of amides is 3. The van der Waals surface area contributed by atoms with E-state index >= 15 is 0 Å². The molecule has 32 heavy (non-hydrogen) atoms. The molecule has 0 N–H and O–H groups in total. The van der Waals surface area contributed by atoms with E-state index in [2.05, 4.69) is 11.5 Å². The molecule has 2 saturated heterocycles. The van der Waals surface area contributed by atoms with Gasteiger partial charge >= 0.3 is 6.09 Å². The first kappa shape index (κ1) is 22.6. The van der Waals surface area contributed by atoms with E-state index in [1.165, 1.54) is 29.1 Å². The number of ether oxygens (including phenoxy) is 1. The molecule has 0 radical (unpaired) electrons. The summed E-state index contributed by atoms with van der Waals surface area (Å²) in [5, 5.41) is 0. The lowest BCUT2D eigenvalue weighted by Gasteiger charge is -2.35. The zero-order chi connectivity index (χ0) is 23.0. The number of aromatic nitrogens is 2. The van der Waals surface area contributed by atoms with Gasteiger partial charge in [-0.2, -0.15) is 0 Å². The smallest absolute Gasteiger partial charge is 0.410 e. The van der Waals surface area contributed by atoms with Gasteiger partial charge in [0.1, 0.15) is 18.0 Å². The molecule has 3 amide bonds. The summed E-state index contributed by atoms with van der Waals surface area (Å²) in [6, 6.07) is 0.257. The Kier molecular flexibility index (Phi) is 6.18. The molecule has 1 aromatic rings. The van der Waals surface area contributed by atoms with Crippen molar-refractivity contribution < 1.29 is 19.1 Å². The molecular formula is C23H35N5O4. The Morgan fingerprint density at radius 3 is 2.56 bits per heavy atom. The minimum atomic E-state index is -0.605. The predicted molar refractivity (Wildman–Crippen MR) is 118 cm³/mol. The zero-order valence-electron chi connectivity index (χ0n) is 19.7. The summed E-state index contributed by atoms with van der Waals surface area (Å²) in [5.74, 6) is 0.800. The van der Waals surface area contributed by atoms with Crippen molar-refractivity contribution in [3.8, 4) is 0 Å². The number of likely N-dealkylation sites (tertiary alicyclic amines) is 1. The van der Waals surface area contributed by atoms with E-state index in [1.54, 1.807) is 25.7 Å². The van der Waals surface area contributed by atoms with Crippen molar-refractivity contribution in [3.05, 3.63) is 17.2 Å². The molecule has 0 bridgehead atoms. The van der Waals surface area contributed by atoms with Crippen LogP contribution in [0, 0.1) is 6.92 Å². The van der Waals surface area contributed by atoms with Crippen LogP contribution < -0.4 is 0 Å². The van der Waals surface area contributed by atoms with Crippen molar-refractivity contribution >= 4 is 17.9 Å². The Hall–Kier alpha value is -2.58. The fraction of sp³-hybridized carbons (Fsp3) is 0.739. The van der Waals surface area contributed by atoms with E-state index < -0.39 is 11.7 Å². The highest BCUT2D eigenvalue weighted by Crippen LogP contribution is 2.30. The van der Waals surface area contributed by atoms with Crippen molar-refractivity contribution in [1.82, 2.24) is 24.3 Å². The maximum atomic E-state index is 13.0. The van der Waals surface area contributed by atoms with Gasteiger partial charge in [-0.15, -0.1) is 0 Å². The summed E-state index contributed by atoms with van der Waals surface area (Å²) in [4.78, 5) is 47.4. The third-order valence-electron chi connectivity index (χ3n) is 6.52. The number of aryl methyl sites for hydroxylation is 2. The van der Waals surface area contributed by atoms with Gasteiger partial charge in [0.05, 0.1) is 18.3 Å². The molecule has 9 heteroatoms. The molecule has 0 aromatic carbocycles. The lowest BCUT2D eigenvalue weighted by atomic mass is 10.0. The van der Waals surface area contributed by atoms with Crippen molar-refractivity contribution in [1.29, 1.82) is 0 Å². The van der Waals surface area contributed by atoms with E-state index in [4.69, 9.17) is 9.72 Å². The van der Waals surface area contributed by atoms with Crippen LogP contribution in [0.1, 0.15) is 63.3 Å². The fourth-order valence-corrected chi connectivity index (χ4v) is 4.98. The van der Waals surface area contributed by atoms with Gasteiger partial charge in [-0.25, -0.2) is 9.78 Å². The highest BCUT2D eigenvalue weighted by atomic mass is 16.6. The molecule has 9 nitrogen and oxygen atoms in total. The van der Waals surface area contributed by atoms with E-state index in [0.29, 0.717) is 26.2 Å². The molecule has 3 aliphatic rings. The third kappa shape index (κ3) is 4.76. The zero-order valence-corrected chi connectivity index (χ0v) is 19.7. The van der Waals surface area contributed by atoms with Crippen LogP contribution in [0.5, 0.6) is 0 Å². The minimum Gasteiger partial charge on any atom is -0.444 e. The second-order valence-corrected chi connectivity index (χ2v) is 10.1. The van der Waals surface area contributed by atoms with Gasteiger partial charge in [0.25, 0.3) is 0 Å². The van der Waals surface area contributed by atoms with Crippen LogP contribution in [0.3, 0.4) is 0 Å². The van der Waals surface area contributed by atoms with Gasteiger partial charge in [0, 0.05) is 31.9 Å². The summed E-state index contributed by atoms with van der Waals surface area (Å²) >= 11 is 0. The van der Waals surface area contributed by atoms with E-state index in [0.717, 1.165) is 25.1 Å². The SMILES string of the molecule is Cc1nc2c(n1C1CCN(C(=O)CN3CCN(C(=O)OC(C)(C)C)CC3=O)C1)CCCC2. The molecule has 3 heterocycles. The molecule has 0 saturated carbocycles. The number of hydrogen-bond donors (Lipinski definition) is 0. The Bertz CT molecular complexity index is 903. The van der Waals surface area contributed by atoms with Crippen LogP contribution in [0.25, 0.3) is 0 Å². The van der Waals surface area contributed by atoms with Crippen LogP contribution in [0.15, 0.2) is 0 Å². The fourth-order valence-electron chi connectivity index (χ4n) is 4.98. The first-order chi connectivity index (χ1) is 15.1. The number of piperazine rings is 1. The monoisotopic (exact) mass is 445 g/mol. The van der Waals surface area contributed by atoms with Gasteiger partial charge < -0.3 is 19.1 Å². The minimum absolute atomic E-state index is 0.0294. The largest absolute Gasteiger partial charge is 0.444 e. The van der Waals surface area contributed by atoms with E-state index in [-0.39, 0.29) is 30.9 Å². The van der Waals surface area contributed by atoms with Crippen LogP contribution >= 0.6 is 0 Å². The molecule has 1 aliphatic carbocycles. The third-order valence-corrected chi connectivity index (χ3v) is 6.52. The summed E-state index contributed by atoms with van der Waals surface area (Å²) < 4.78 is 7.71. The lowest BCUT2D eigenvalue weighted by Crippen LogP contribution is -2.55. The van der Waals surface area contributed by atoms with Crippen molar-refractivity contribution in [3.63, 3.8) is 0 Å². The van der Waals surface area contributed by atoms with Crippen molar-refractivity contribution in [2.45, 2.75) is 71.4 Å². The normalized spacial score (nSPS) is 21.7. The predicted octanol–water partition coefficient (Wildman–Crippen LogP) is 1.92. The highest BCUT2D eigenvalue weighted by Gasteiger charge is 2.35. The van der Waals surface area contributed by atoms with Crippen LogP contribution in [0.4, 0.5) is 4.79 Å². The number of nitrogens with zero attached hydrogens (tertiary/aromatic N) is 5. The van der Waals surface area contributed by atoms with Crippen molar-refractivity contribution in [2.75, 3.05) is 39.3 Å². The second kappa shape index (κ2) is 8.75. The molecule has 2 aliphatic heterocycles. The first-order valence-corrected chi connectivity index (χ1v) is 11.7. The quantitative estimate of drug-likeness (QED) is 0.709. The maximum absolute atomic E-state index is 13.0. The molecule has 1 atom stereocenters. The molecule has 176 valence electrons. The Labute approximate surface area is 189 Å². The van der Waals surface area contributed by atoms with Gasteiger partial charge in [-0.1, -0.05) is 0 Å². The van der Waals surface area contributed by atoms with E-state index in [9.17, 15) is 14.4 Å². The highest BCUT2D eigenvalue weighted by molar-refractivity contribution is 5.88. The average Bonchev–Trinajstić information content (AvgIpc) is 3.31. The average molecular weight is 446 g/mol. The second-order valence-electron chi connectivity index (χ2n) is 10.1. The molecule has 2 fully saturated rings. The van der Waals surface area contributed by atoms with Gasteiger partial charge in [0.2, 0.25) is 11.8 Å². The maximum Gasteiger partial charge on any atom is 0.410 e. The summed E-state index contributed by atoms with van der Waals surface area (Å²) in [6.45, 7) is 9.54. The van der Waals surface area contributed by atoms with Gasteiger partial charge in [0.15, 0.2) is 0 Å². The van der Waals surface area contributed by atoms with Crippen molar-refractivity contribution in [2.24, 2.45) is 0 Å². The first-order valence-electron chi connectivity index (χ1n) is 11.7. The van der Waals surface area contributed by atoms with Crippen LogP contribution in [-0.4, -0.2) is 87.0 Å². The topological polar surface area (TPSA) is 88.0 Å². The van der Waals surface area contributed by atoms with Gasteiger partial charge in [-0.3, -0.25) is 14.5 Å². The molecular weight excluding hydrogens is 410 g/mol. The van der Waals surface area contributed by atoms with Gasteiger partial charge in [-0.05, 0) is 59.8 Å². The van der Waals surface area contributed by atoms with Crippen LogP contribution in [0.2, 0.25) is 0 Å².